The van der Waals surface area contributed by atoms with Gasteiger partial charge in [-0.2, -0.15) is 0 Å². The Bertz CT molecular complexity index is 778. The van der Waals surface area contributed by atoms with Crippen molar-refractivity contribution in [3.63, 3.8) is 0 Å². The number of aliphatic imine (C=N–C) groups is 1. The van der Waals surface area contributed by atoms with Crippen molar-refractivity contribution in [2.75, 3.05) is 13.2 Å². The number of rotatable bonds is 6. The van der Waals surface area contributed by atoms with Crippen LogP contribution in [0.5, 0.6) is 11.6 Å². The van der Waals surface area contributed by atoms with Gasteiger partial charge in [-0.15, -0.1) is 24.0 Å². The van der Waals surface area contributed by atoms with Gasteiger partial charge in [0.25, 0.3) is 0 Å². The Balaban J connectivity index is 0.00000210. The van der Waals surface area contributed by atoms with Gasteiger partial charge in [0.2, 0.25) is 5.88 Å². The molecule has 4 rings (SSSR count). The molecule has 144 valence electrons. The molecule has 2 aromatic rings. The molecule has 2 aliphatic rings. The summed E-state index contributed by atoms with van der Waals surface area (Å²) in [6.07, 6.45) is 5.21. The summed E-state index contributed by atoms with van der Waals surface area (Å²) in [5.74, 6) is 2.74. The zero-order valence-electron chi connectivity index (χ0n) is 15.1. The van der Waals surface area contributed by atoms with Gasteiger partial charge < -0.3 is 20.5 Å². The fourth-order valence-electron chi connectivity index (χ4n) is 2.97. The predicted octanol–water partition coefficient (Wildman–Crippen LogP) is 3.42. The van der Waals surface area contributed by atoms with Gasteiger partial charge in [0.15, 0.2) is 5.96 Å². The van der Waals surface area contributed by atoms with Crippen LogP contribution in [0.15, 0.2) is 47.6 Å². The van der Waals surface area contributed by atoms with Crippen LogP contribution in [0.2, 0.25) is 0 Å². The highest BCUT2D eigenvalue weighted by atomic mass is 127. The molecule has 0 saturated heterocycles. The first kappa shape index (κ1) is 19.7. The molecule has 1 aliphatic carbocycles. The molecule has 1 aliphatic heterocycles. The third-order valence-corrected chi connectivity index (χ3v) is 4.67. The maximum absolute atomic E-state index is 6.08. The van der Waals surface area contributed by atoms with Crippen molar-refractivity contribution >= 4 is 29.9 Å². The van der Waals surface area contributed by atoms with Crippen LogP contribution < -0.4 is 20.5 Å². The lowest BCUT2D eigenvalue weighted by Crippen LogP contribution is -2.37. The van der Waals surface area contributed by atoms with Crippen molar-refractivity contribution in [3.8, 4) is 11.6 Å². The number of hydrogen-bond acceptors (Lipinski definition) is 4. The molecule has 1 saturated carbocycles. The highest BCUT2D eigenvalue weighted by Crippen LogP contribution is 2.31. The lowest BCUT2D eigenvalue weighted by molar-refractivity contribution is 0.262. The Hall–Kier alpha value is -2.03. The maximum atomic E-state index is 6.08. The first-order valence-corrected chi connectivity index (χ1v) is 9.14. The number of nitrogens with zero attached hydrogens (tertiary/aromatic N) is 2. The second kappa shape index (κ2) is 9.25. The summed E-state index contributed by atoms with van der Waals surface area (Å²) in [5.41, 5.74) is 8.20. The summed E-state index contributed by atoms with van der Waals surface area (Å²) in [5, 5.41) is 3.30. The summed E-state index contributed by atoms with van der Waals surface area (Å²) >= 11 is 0. The summed E-state index contributed by atoms with van der Waals surface area (Å²) in [4.78, 5) is 8.77. The molecule has 1 unspecified atom stereocenters. The summed E-state index contributed by atoms with van der Waals surface area (Å²) in [6.45, 7) is 1.93. The molecule has 3 N–H and O–H groups in total. The maximum Gasteiger partial charge on any atom is 0.213 e. The topological polar surface area (TPSA) is 81.8 Å². The number of nitrogens with two attached hydrogens (primary N) is 1. The minimum Gasteiger partial charge on any atom is -0.493 e. The Morgan fingerprint density at radius 1 is 1.22 bits per heavy atom. The average Bonchev–Trinajstić information content (AvgIpc) is 3.50. The van der Waals surface area contributed by atoms with Gasteiger partial charge in [0.1, 0.15) is 5.75 Å². The normalized spacial score (nSPS) is 18.7. The van der Waals surface area contributed by atoms with E-state index in [4.69, 9.17) is 15.2 Å². The van der Waals surface area contributed by atoms with E-state index in [0.29, 0.717) is 25.0 Å². The number of pyridine rings is 1. The quantitative estimate of drug-likeness (QED) is 0.376. The summed E-state index contributed by atoms with van der Waals surface area (Å²) in [6, 6.07) is 12.0. The Kier molecular flexibility index (Phi) is 6.76. The third-order valence-electron chi connectivity index (χ3n) is 4.67. The minimum absolute atomic E-state index is 0. The first-order valence-electron chi connectivity index (χ1n) is 9.14. The monoisotopic (exact) mass is 480 g/mol. The van der Waals surface area contributed by atoms with E-state index in [1.807, 2.05) is 30.3 Å². The summed E-state index contributed by atoms with van der Waals surface area (Å²) < 4.78 is 11.3. The molecule has 0 bridgehead atoms. The van der Waals surface area contributed by atoms with E-state index in [-0.39, 0.29) is 30.0 Å². The number of para-hydroxylation sites is 1. The standard InChI is InChI=1S/C20H24N4O2.HI/c21-20(24-17-9-10-25-18-4-2-1-3-16(17)18)23-12-15-7-8-19(22-11-15)26-13-14-5-6-14;/h1-4,7-8,11,14,17H,5-6,9-10,12-13H2,(H3,21,23,24);1H. The van der Waals surface area contributed by atoms with Crippen molar-refractivity contribution in [2.24, 2.45) is 16.6 Å². The number of halogens is 1. The second-order valence-corrected chi connectivity index (χ2v) is 6.83. The number of ether oxygens (including phenoxy) is 2. The number of aromatic nitrogens is 1. The molecular formula is C20H25IN4O2. The minimum atomic E-state index is 0. The fourth-order valence-corrected chi connectivity index (χ4v) is 2.97. The number of guanidine groups is 1. The number of hydrogen-bond donors (Lipinski definition) is 2. The number of benzene rings is 1. The van der Waals surface area contributed by atoms with Crippen LogP contribution in [-0.4, -0.2) is 24.2 Å². The van der Waals surface area contributed by atoms with Crippen molar-refractivity contribution in [1.29, 1.82) is 0 Å². The van der Waals surface area contributed by atoms with Gasteiger partial charge in [0, 0.05) is 24.2 Å². The molecule has 7 heteroatoms. The molecule has 1 aromatic carbocycles. The van der Waals surface area contributed by atoms with E-state index in [2.05, 4.69) is 21.4 Å². The molecule has 2 heterocycles. The molecule has 0 amide bonds. The van der Waals surface area contributed by atoms with E-state index in [0.717, 1.165) is 35.8 Å². The van der Waals surface area contributed by atoms with Crippen LogP contribution in [0.3, 0.4) is 0 Å². The highest BCUT2D eigenvalue weighted by molar-refractivity contribution is 14.0. The lowest BCUT2D eigenvalue weighted by atomic mass is 10.0. The Labute approximate surface area is 176 Å². The molecule has 27 heavy (non-hydrogen) atoms. The van der Waals surface area contributed by atoms with E-state index in [1.54, 1.807) is 6.20 Å². The Morgan fingerprint density at radius 2 is 2.07 bits per heavy atom. The molecule has 1 aromatic heterocycles. The van der Waals surface area contributed by atoms with Gasteiger partial charge in [-0.3, -0.25) is 0 Å². The third kappa shape index (κ3) is 5.47. The average molecular weight is 480 g/mol. The second-order valence-electron chi connectivity index (χ2n) is 6.83. The largest absolute Gasteiger partial charge is 0.493 e. The lowest BCUT2D eigenvalue weighted by Gasteiger charge is -2.26. The van der Waals surface area contributed by atoms with E-state index >= 15 is 0 Å². The smallest absolute Gasteiger partial charge is 0.213 e. The van der Waals surface area contributed by atoms with Gasteiger partial charge in [-0.1, -0.05) is 24.3 Å². The van der Waals surface area contributed by atoms with Gasteiger partial charge in [0.05, 0.1) is 25.8 Å². The molecule has 6 nitrogen and oxygen atoms in total. The molecule has 0 spiro atoms. The van der Waals surface area contributed by atoms with Crippen LogP contribution in [-0.2, 0) is 6.54 Å². The first-order chi connectivity index (χ1) is 12.8. The zero-order chi connectivity index (χ0) is 17.8. The van der Waals surface area contributed by atoms with Crippen molar-refractivity contribution in [2.45, 2.75) is 31.8 Å². The predicted molar refractivity (Wildman–Crippen MR) is 116 cm³/mol. The molecule has 1 fully saturated rings. The van der Waals surface area contributed by atoms with Crippen molar-refractivity contribution < 1.29 is 9.47 Å². The molecule has 1 atom stereocenters. The molecular weight excluding hydrogens is 455 g/mol. The SMILES string of the molecule is I.NC(=NCc1ccc(OCC2CC2)nc1)NC1CCOc2ccccc21. The summed E-state index contributed by atoms with van der Waals surface area (Å²) in [7, 11) is 0. The van der Waals surface area contributed by atoms with E-state index < -0.39 is 0 Å². The Morgan fingerprint density at radius 3 is 2.85 bits per heavy atom. The van der Waals surface area contributed by atoms with Crippen LogP contribution >= 0.6 is 24.0 Å². The van der Waals surface area contributed by atoms with E-state index in [1.165, 1.54) is 12.8 Å². The number of fused-ring (bicyclic) bond motifs is 1. The van der Waals surface area contributed by atoms with Crippen molar-refractivity contribution in [1.82, 2.24) is 10.3 Å². The zero-order valence-corrected chi connectivity index (χ0v) is 17.5. The van der Waals surface area contributed by atoms with Crippen LogP contribution in [0.25, 0.3) is 0 Å². The van der Waals surface area contributed by atoms with Gasteiger partial charge >= 0.3 is 0 Å². The highest BCUT2D eigenvalue weighted by Gasteiger charge is 2.22. The van der Waals surface area contributed by atoms with Crippen LogP contribution in [0, 0.1) is 5.92 Å². The number of nitrogens with one attached hydrogen (secondary N) is 1. The van der Waals surface area contributed by atoms with Gasteiger partial charge in [-0.05, 0) is 30.4 Å². The van der Waals surface area contributed by atoms with Gasteiger partial charge in [-0.25, -0.2) is 9.98 Å². The van der Waals surface area contributed by atoms with Crippen LogP contribution in [0.1, 0.15) is 36.4 Å². The van der Waals surface area contributed by atoms with Crippen molar-refractivity contribution in [3.05, 3.63) is 53.7 Å². The molecule has 0 radical (unpaired) electrons. The fraction of sp³-hybridized carbons (Fsp3) is 0.400. The van der Waals surface area contributed by atoms with Crippen LogP contribution in [0.4, 0.5) is 0 Å². The van der Waals surface area contributed by atoms with E-state index in [9.17, 15) is 0 Å².